The van der Waals surface area contributed by atoms with Crippen LogP contribution in [0.25, 0.3) is 0 Å². The molecular formula is C19H16ClNO4. The van der Waals surface area contributed by atoms with Crippen molar-refractivity contribution in [2.75, 3.05) is 11.5 Å². The van der Waals surface area contributed by atoms with Crippen LogP contribution in [0.5, 0.6) is 0 Å². The lowest BCUT2D eigenvalue weighted by Crippen LogP contribution is -2.31. The summed E-state index contributed by atoms with van der Waals surface area (Å²) in [6.45, 7) is 1.80. The molecule has 1 aliphatic rings. The van der Waals surface area contributed by atoms with Gasteiger partial charge in [0.1, 0.15) is 5.92 Å². The number of anilines is 1. The van der Waals surface area contributed by atoms with Crippen LogP contribution in [0.1, 0.15) is 18.5 Å². The number of Topliss-reactive ketones (excluding diaryl/α,β-unsaturated/α-hetero) is 1. The smallest absolute Gasteiger partial charge is 0.319 e. The molecule has 0 bridgehead atoms. The predicted molar refractivity (Wildman–Crippen MR) is 93.3 cm³/mol. The third kappa shape index (κ3) is 3.15. The summed E-state index contributed by atoms with van der Waals surface area (Å²) in [6.07, 6.45) is 0. The Kier molecular flexibility index (Phi) is 4.86. The Hall–Kier alpha value is -2.66. The van der Waals surface area contributed by atoms with Crippen molar-refractivity contribution in [3.8, 4) is 0 Å². The van der Waals surface area contributed by atoms with Gasteiger partial charge >= 0.3 is 5.97 Å². The number of nitrogens with zero attached hydrogens (tertiary/aromatic N) is 1. The fraction of sp³-hybridized carbons (Fsp3) is 0.211. The molecule has 2 aromatic carbocycles. The molecule has 0 aromatic heterocycles. The first kappa shape index (κ1) is 17.2. The van der Waals surface area contributed by atoms with Crippen LogP contribution >= 0.6 is 11.6 Å². The van der Waals surface area contributed by atoms with Gasteiger partial charge in [0.25, 0.3) is 5.91 Å². The van der Waals surface area contributed by atoms with Crippen LogP contribution in [-0.2, 0) is 19.1 Å². The average Bonchev–Trinajstić information content (AvgIpc) is 2.88. The Labute approximate surface area is 150 Å². The second kappa shape index (κ2) is 7.07. The highest BCUT2D eigenvalue weighted by Gasteiger charge is 2.53. The van der Waals surface area contributed by atoms with Crippen molar-refractivity contribution in [1.82, 2.24) is 0 Å². The molecule has 2 aromatic rings. The number of ether oxygens (including phenoxy) is 1. The molecule has 0 unspecified atom stereocenters. The molecule has 5 nitrogen and oxygen atoms in total. The largest absolute Gasteiger partial charge is 0.465 e. The number of benzene rings is 2. The highest BCUT2D eigenvalue weighted by atomic mass is 35.5. The summed E-state index contributed by atoms with van der Waals surface area (Å²) in [7, 11) is 0. The van der Waals surface area contributed by atoms with E-state index in [1.807, 2.05) is 6.07 Å². The lowest BCUT2D eigenvalue weighted by molar-refractivity contribution is -0.152. The molecule has 1 heterocycles. The number of ketones is 1. The van der Waals surface area contributed by atoms with Gasteiger partial charge in [0.15, 0.2) is 0 Å². The average molecular weight is 358 g/mol. The summed E-state index contributed by atoms with van der Waals surface area (Å²) in [5, 5.41) is 0.514. The first-order valence-electron chi connectivity index (χ1n) is 7.89. The van der Waals surface area contributed by atoms with Gasteiger partial charge in [0.2, 0.25) is 5.78 Å². The van der Waals surface area contributed by atoms with E-state index in [1.165, 1.54) is 4.90 Å². The molecule has 0 saturated carbocycles. The number of carbonyl (C=O) groups is 3. The summed E-state index contributed by atoms with van der Waals surface area (Å²) in [5.41, 5.74) is 1.19. The van der Waals surface area contributed by atoms with E-state index in [9.17, 15) is 14.4 Å². The summed E-state index contributed by atoms with van der Waals surface area (Å²) < 4.78 is 5.04. The van der Waals surface area contributed by atoms with Crippen molar-refractivity contribution >= 4 is 34.9 Å². The highest BCUT2D eigenvalue weighted by Crippen LogP contribution is 2.40. The molecule has 0 spiro atoms. The number of esters is 1. The fourth-order valence-electron chi connectivity index (χ4n) is 3.01. The zero-order valence-electron chi connectivity index (χ0n) is 13.5. The summed E-state index contributed by atoms with van der Waals surface area (Å²) in [4.78, 5) is 38.9. The Morgan fingerprint density at radius 3 is 2.32 bits per heavy atom. The topological polar surface area (TPSA) is 63.7 Å². The van der Waals surface area contributed by atoms with E-state index in [0.717, 1.165) is 0 Å². The summed E-state index contributed by atoms with van der Waals surface area (Å²) in [5.74, 6) is -3.37. The monoisotopic (exact) mass is 357 g/mol. The Bertz CT molecular complexity index is 804. The number of halogens is 1. The molecule has 3 rings (SSSR count). The van der Waals surface area contributed by atoms with Crippen LogP contribution in [0.4, 0.5) is 5.69 Å². The van der Waals surface area contributed by atoms with Gasteiger partial charge in [-0.1, -0.05) is 41.9 Å². The van der Waals surface area contributed by atoms with Gasteiger partial charge in [-0.15, -0.1) is 0 Å². The molecule has 0 N–H and O–H groups in total. The van der Waals surface area contributed by atoms with E-state index in [1.54, 1.807) is 55.5 Å². The molecule has 1 aliphatic heterocycles. The Morgan fingerprint density at radius 1 is 1.08 bits per heavy atom. The number of rotatable bonds is 4. The summed E-state index contributed by atoms with van der Waals surface area (Å²) in [6, 6.07) is 14.8. The van der Waals surface area contributed by atoms with Crippen molar-refractivity contribution in [1.29, 1.82) is 0 Å². The quantitative estimate of drug-likeness (QED) is 0.479. The second-order valence-corrected chi connectivity index (χ2v) is 6.04. The maximum atomic E-state index is 12.6. The lowest BCUT2D eigenvalue weighted by Gasteiger charge is -2.27. The molecule has 1 fully saturated rings. The predicted octanol–water partition coefficient (Wildman–Crippen LogP) is 3.18. The Balaban J connectivity index is 2.11. The minimum Gasteiger partial charge on any atom is -0.465 e. The molecule has 128 valence electrons. The third-order valence-electron chi connectivity index (χ3n) is 4.09. The van der Waals surface area contributed by atoms with Gasteiger partial charge in [-0.3, -0.25) is 19.3 Å². The molecule has 1 saturated heterocycles. The van der Waals surface area contributed by atoms with E-state index < -0.39 is 29.6 Å². The molecular weight excluding hydrogens is 342 g/mol. The lowest BCUT2D eigenvalue weighted by atomic mass is 9.93. The van der Waals surface area contributed by atoms with Gasteiger partial charge in [0.05, 0.1) is 12.6 Å². The molecule has 25 heavy (non-hydrogen) atoms. The highest BCUT2D eigenvalue weighted by molar-refractivity contribution is 6.47. The molecule has 0 aliphatic carbocycles. The standard InChI is InChI=1S/C19H16ClNO4/c1-2-25-19(24)15-16(12-6-4-3-5-7-12)21(18(23)17(15)22)14-10-8-13(20)9-11-14/h3-11,15-16H,2H2,1H3/t15-,16-/m0/s1. The minimum atomic E-state index is -1.19. The van der Waals surface area contributed by atoms with Gasteiger partial charge in [0, 0.05) is 10.7 Å². The second-order valence-electron chi connectivity index (χ2n) is 5.60. The minimum absolute atomic E-state index is 0.138. The normalized spacial score (nSPS) is 20.0. The van der Waals surface area contributed by atoms with E-state index in [-0.39, 0.29) is 6.61 Å². The molecule has 2 atom stereocenters. The van der Waals surface area contributed by atoms with Crippen LogP contribution in [0.3, 0.4) is 0 Å². The van der Waals surface area contributed by atoms with Gasteiger partial charge in [-0.05, 0) is 36.8 Å². The van der Waals surface area contributed by atoms with Crippen LogP contribution in [0, 0.1) is 5.92 Å². The van der Waals surface area contributed by atoms with Crippen molar-refractivity contribution in [3.05, 3.63) is 65.2 Å². The van der Waals surface area contributed by atoms with Crippen LogP contribution in [-0.4, -0.2) is 24.3 Å². The van der Waals surface area contributed by atoms with Gasteiger partial charge in [-0.2, -0.15) is 0 Å². The zero-order valence-corrected chi connectivity index (χ0v) is 14.3. The number of carbonyl (C=O) groups excluding carboxylic acids is 3. The fourth-order valence-corrected chi connectivity index (χ4v) is 3.14. The Morgan fingerprint density at radius 2 is 1.72 bits per heavy atom. The van der Waals surface area contributed by atoms with Crippen LogP contribution in [0.2, 0.25) is 5.02 Å². The van der Waals surface area contributed by atoms with Gasteiger partial charge in [-0.25, -0.2) is 0 Å². The molecule has 1 amide bonds. The van der Waals surface area contributed by atoms with E-state index in [4.69, 9.17) is 16.3 Å². The zero-order chi connectivity index (χ0) is 18.0. The van der Waals surface area contributed by atoms with Crippen LogP contribution < -0.4 is 4.90 Å². The van der Waals surface area contributed by atoms with Crippen LogP contribution in [0.15, 0.2) is 54.6 Å². The van der Waals surface area contributed by atoms with E-state index in [0.29, 0.717) is 16.3 Å². The number of hydrogen-bond donors (Lipinski definition) is 0. The van der Waals surface area contributed by atoms with Gasteiger partial charge < -0.3 is 4.74 Å². The maximum absolute atomic E-state index is 12.6. The van der Waals surface area contributed by atoms with Crippen molar-refractivity contribution in [3.63, 3.8) is 0 Å². The SMILES string of the molecule is CCOC(=O)[C@@H]1C(=O)C(=O)N(c2ccc(Cl)cc2)[C@H]1c1ccccc1. The first-order valence-corrected chi connectivity index (χ1v) is 8.27. The maximum Gasteiger partial charge on any atom is 0.319 e. The number of amides is 1. The van der Waals surface area contributed by atoms with Crippen molar-refractivity contribution < 1.29 is 19.1 Å². The third-order valence-corrected chi connectivity index (χ3v) is 4.34. The molecule has 6 heteroatoms. The van der Waals surface area contributed by atoms with Crippen molar-refractivity contribution in [2.45, 2.75) is 13.0 Å². The van der Waals surface area contributed by atoms with E-state index in [2.05, 4.69) is 0 Å². The van der Waals surface area contributed by atoms with Crippen molar-refractivity contribution in [2.24, 2.45) is 5.92 Å². The summed E-state index contributed by atoms with van der Waals surface area (Å²) >= 11 is 5.91. The number of hydrogen-bond acceptors (Lipinski definition) is 4. The molecule has 0 radical (unpaired) electrons. The van der Waals surface area contributed by atoms with E-state index >= 15 is 0 Å². The first-order chi connectivity index (χ1) is 12.0.